The van der Waals surface area contributed by atoms with Gasteiger partial charge in [0, 0.05) is 11.8 Å². The monoisotopic (exact) mass is 272 g/mol. The highest BCUT2D eigenvalue weighted by atomic mass is 19.4. The molecule has 5 nitrogen and oxygen atoms in total. The Morgan fingerprint density at radius 2 is 2.00 bits per heavy atom. The number of nitro groups is 1. The summed E-state index contributed by atoms with van der Waals surface area (Å²) in [6.45, 7) is -1.20. The number of hydrogen-bond acceptors (Lipinski definition) is 4. The molecule has 1 N–H and O–H groups in total. The maximum absolute atomic E-state index is 12.6. The minimum Gasteiger partial charge on any atom is -0.392 e. The Balaban J connectivity index is 3.71. The van der Waals surface area contributed by atoms with E-state index >= 15 is 0 Å². The van der Waals surface area contributed by atoms with Crippen LogP contribution in [0.4, 0.5) is 27.6 Å². The standard InChI is InChI=1S/C8H5F5N2O3/c9-7(10)5-6(15(17)18)4(8(11,12)13)3(2-16)1-14-5/h1,7,16H,2H2. The van der Waals surface area contributed by atoms with Crippen LogP contribution in [0.5, 0.6) is 0 Å². The van der Waals surface area contributed by atoms with Crippen LogP contribution in [0, 0.1) is 10.1 Å². The van der Waals surface area contributed by atoms with E-state index in [1.54, 1.807) is 0 Å². The van der Waals surface area contributed by atoms with Gasteiger partial charge in [0.1, 0.15) is 5.56 Å². The van der Waals surface area contributed by atoms with Crippen molar-refractivity contribution in [1.29, 1.82) is 0 Å². The van der Waals surface area contributed by atoms with Gasteiger partial charge in [0.15, 0.2) is 5.69 Å². The van der Waals surface area contributed by atoms with Gasteiger partial charge < -0.3 is 5.11 Å². The number of hydrogen-bond donors (Lipinski definition) is 1. The summed E-state index contributed by atoms with van der Waals surface area (Å²) in [6, 6.07) is 0. The topological polar surface area (TPSA) is 76.3 Å². The molecule has 0 radical (unpaired) electrons. The molecule has 0 spiro atoms. The summed E-state index contributed by atoms with van der Waals surface area (Å²) in [7, 11) is 0. The summed E-state index contributed by atoms with van der Waals surface area (Å²) in [4.78, 5) is 11.8. The minimum absolute atomic E-state index is 0.345. The highest BCUT2D eigenvalue weighted by Crippen LogP contribution is 2.41. The zero-order valence-corrected chi connectivity index (χ0v) is 8.41. The fourth-order valence-corrected chi connectivity index (χ4v) is 1.33. The molecule has 100 valence electrons. The van der Waals surface area contributed by atoms with Crippen LogP contribution in [-0.2, 0) is 12.8 Å². The van der Waals surface area contributed by atoms with Gasteiger partial charge >= 0.3 is 11.9 Å². The number of pyridine rings is 1. The molecule has 18 heavy (non-hydrogen) atoms. The molecule has 0 unspecified atom stereocenters. The number of aliphatic hydroxyl groups excluding tert-OH is 1. The lowest BCUT2D eigenvalue weighted by Gasteiger charge is -2.13. The van der Waals surface area contributed by atoms with Crippen LogP contribution in [-0.4, -0.2) is 15.0 Å². The zero-order chi connectivity index (χ0) is 14.1. The molecule has 0 aromatic carbocycles. The lowest BCUT2D eigenvalue weighted by molar-refractivity contribution is -0.390. The summed E-state index contributed by atoms with van der Waals surface area (Å²) >= 11 is 0. The Hall–Kier alpha value is -1.84. The van der Waals surface area contributed by atoms with Gasteiger partial charge in [-0.2, -0.15) is 13.2 Å². The zero-order valence-electron chi connectivity index (χ0n) is 8.41. The predicted molar refractivity (Wildman–Crippen MR) is 46.8 cm³/mol. The SMILES string of the molecule is O=[N+]([O-])c1c(C(F)F)ncc(CO)c1C(F)(F)F. The predicted octanol–water partition coefficient (Wildman–Crippen LogP) is 2.44. The normalized spacial score (nSPS) is 11.9. The molecule has 0 aliphatic rings. The number of alkyl halides is 5. The maximum atomic E-state index is 12.6. The van der Waals surface area contributed by atoms with Crippen molar-refractivity contribution in [2.45, 2.75) is 19.2 Å². The molecule has 0 fully saturated rings. The second kappa shape index (κ2) is 4.80. The van der Waals surface area contributed by atoms with Gasteiger partial charge in [-0.3, -0.25) is 10.1 Å². The molecule has 0 amide bonds. The van der Waals surface area contributed by atoms with Crippen LogP contribution in [0.15, 0.2) is 6.20 Å². The van der Waals surface area contributed by atoms with E-state index in [-0.39, 0.29) is 0 Å². The number of aliphatic hydroxyl groups is 1. The average molecular weight is 272 g/mol. The van der Waals surface area contributed by atoms with Gasteiger partial charge in [-0.25, -0.2) is 13.8 Å². The van der Waals surface area contributed by atoms with Crippen LogP contribution in [0.25, 0.3) is 0 Å². The van der Waals surface area contributed by atoms with E-state index in [1.165, 1.54) is 0 Å². The smallest absolute Gasteiger partial charge is 0.392 e. The highest BCUT2D eigenvalue weighted by Gasteiger charge is 2.44. The number of rotatable bonds is 3. The summed E-state index contributed by atoms with van der Waals surface area (Å²) in [5.74, 6) is 0. The van der Waals surface area contributed by atoms with E-state index in [4.69, 9.17) is 5.11 Å². The van der Waals surface area contributed by atoms with Gasteiger partial charge in [0.05, 0.1) is 11.5 Å². The van der Waals surface area contributed by atoms with Crippen molar-refractivity contribution in [2.75, 3.05) is 0 Å². The Labute approximate surface area is 96.0 Å². The third-order valence-corrected chi connectivity index (χ3v) is 2.00. The first-order chi connectivity index (χ1) is 8.20. The largest absolute Gasteiger partial charge is 0.423 e. The van der Waals surface area contributed by atoms with Gasteiger partial charge in [0.2, 0.25) is 0 Å². The van der Waals surface area contributed by atoms with Crippen molar-refractivity contribution in [3.05, 3.63) is 33.1 Å². The number of nitrogens with zero attached hydrogens (tertiary/aromatic N) is 2. The fourth-order valence-electron chi connectivity index (χ4n) is 1.33. The summed E-state index contributed by atoms with van der Waals surface area (Å²) in [6.07, 6.45) is -8.43. The van der Waals surface area contributed by atoms with Gasteiger partial charge in [0.25, 0.3) is 6.43 Å². The molecular weight excluding hydrogens is 267 g/mol. The van der Waals surface area contributed by atoms with Gasteiger partial charge in [-0.15, -0.1) is 0 Å². The molecule has 1 rings (SSSR count). The molecule has 1 aromatic rings. The van der Waals surface area contributed by atoms with Gasteiger partial charge in [-0.05, 0) is 0 Å². The third-order valence-electron chi connectivity index (χ3n) is 2.00. The first-order valence-corrected chi connectivity index (χ1v) is 4.32. The molecule has 0 saturated heterocycles. The first-order valence-electron chi connectivity index (χ1n) is 4.32. The minimum atomic E-state index is -5.24. The first kappa shape index (κ1) is 14.2. The second-order valence-corrected chi connectivity index (χ2v) is 3.11. The van der Waals surface area contributed by atoms with Crippen molar-refractivity contribution in [3.8, 4) is 0 Å². The van der Waals surface area contributed by atoms with Crippen LogP contribution in [0.3, 0.4) is 0 Å². The van der Waals surface area contributed by atoms with Crippen molar-refractivity contribution >= 4 is 5.69 Å². The number of aromatic nitrogens is 1. The molecular formula is C8H5F5N2O3. The molecule has 0 saturated carbocycles. The van der Waals surface area contributed by atoms with Crippen molar-refractivity contribution in [2.24, 2.45) is 0 Å². The van der Waals surface area contributed by atoms with Crippen molar-refractivity contribution < 1.29 is 32.0 Å². The van der Waals surface area contributed by atoms with Crippen molar-refractivity contribution in [3.63, 3.8) is 0 Å². The molecule has 0 bridgehead atoms. The number of halogens is 5. The van der Waals surface area contributed by atoms with E-state index in [0.29, 0.717) is 6.20 Å². The highest BCUT2D eigenvalue weighted by molar-refractivity contribution is 5.50. The molecule has 0 aliphatic carbocycles. The Kier molecular flexibility index (Phi) is 3.79. The Morgan fingerprint density at radius 3 is 2.33 bits per heavy atom. The van der Waals surface area contributed by atoms with Crippen LogP contribution in [0.2, 0.25) is 0 Å². The molecule has 1 heterocycles. The maximum Gasteiger partial charge on any atom is 0.423 e. The molecule has 1 aromatic heterocycles. The van der Waals surface area contributed by atoms with E-state index in [1.807, 2.05) is 0 Å². The molecule has 0 aliphatic heterocycles. The van der Waals surface area contributed by atoms with E-state index in [0.717, 1.165) is 0 Å². The van der Waals surface area contributed by atoms with Crippen molar-refractivity contribution in [1.82, 2.24) is 4.98 Å². The lowest BCUT2D eigenvalue weighted by Crippen LogP contribution is -2.16. The van der Waals surface area contributed by atoms with Gasteiger partial charge in [-0.1, -0.05) is 0 Å². The summed E-state index contributed by atoms with van der Waals surface area (Å²) < 4.78 is 62.6. The van der Waals surface area contributed by atoms with Crippen LogP contribution in [0.1, 0.15) is 23.2 Å². The lowest BCUT2D eigenvalue weighted by atomic mass is 10.1. The quantitative estimate of drug-likeness (QED) is 0.521. The van der Waals surface area contributed by atoms with E-state index in [2.05, 4.69) is 4.98 Å². The van der Waals surface area contributed by atoms with Crippen LogP contribution >= 0.6 is 0 Å². The van der Waals surface area contributed by atoms with Crippen LogP contribution < -0.4 is 0 Å². The van der Waals surface area contributed by atoms with E-state index < -0.39 is 46.6 Å². The van der Waals surface area contributed by atoms with E-state index in [9.17, 15) is 32.1 Å². The summed E-state index contributed by atoms with van der Waals surface area (Å²) in [5.41, 5.74) is -6.24. The summed E-state index contributed by atoms with van der Waals surface area (Å²) in [5, 5.41) is 19.2. The molecule has 10 heteroatoms. The third kappa shape index (κ3) is 2.53. The average Bonchev–Trinajstić information content (AvgIpc) is 2.25. The molecule has 0 atom stereocenters. The Morgan fingerprint density at radius 1 is 1.44 bits per heavy atom. The fraction of sp³-hybridized carbons (Fsp3) is 0.375. The second-order valence-electron chi connectivity index (χ2n) is 3.11. The Bertz CT molecular complexity index is 475.